The van der Waals surface area contributed by atoms with E-state index < -0.39 is 5.91 Å². The van der Waals surface area contributed by atoms with Gasteiger partial charge in [-0.3, -0.25) is 4.79 Å². The number of carbonyl (C=O) groups is 1. The average molecular weight is 232 g/mol. The molecule has 0 aliphatic rings. The number of amides is 1. The van der Waals surface area contributed by atoms with Crippen molar-refractivity contribution < 1.29 is 9.90 Å². The van der Waals surface area contributed by atoms with Crippen LogP contribution in [0.15, 0.2) is 30.5 Å². The molecule has 0 atom stereocenters. The minimum Gasteiger partial charge on any atom is -0.396 e. The van der Waals surface area contributed by atoms with Gasteiger partial charge >= 0.3 is 0 Å². The number of aliphatic hydroxyl groups excluding tert-OH is 1. The number of benzene rings is 1. The van der Waals surface area contributed by atoms with Gasteiger partial charge in [0.25, 0.3) is 0 Å². The van der Waals surface area contributed by atoms with Gasteiger partial charge in [0.05, 0.1) is 17.6 Å². The lowest BCUT2D eigenvalue weighted by Gasteiger charge is -2.00. The SMILES string of the molecule is NC(=O)c1ccc(-n2cc(CCO)nn2)cc1. The van der Waals surface area contributed by atoms with Gasteiger partial charge in [0.15, 0.2) is 0 Å². The zero-order valence-electron chi connectivity index (χ0n) is 9.08. The summed E-state index contributed by atoms with van der Waals surface area (Å²) in [6.07, 6.45) is 2.20. The van der Waals surface area contributed by atoms with Crippen molar-refractivity contribution in [3.8, 4) is 5.69 Å². The summed E-state index contributed by atoms with van der Waals surface area (Å²) < 4.78 is 1.58. The van der Waals surface area contributed by atoms with E-state index in [9.17, 15) is 4.79 Å². The van der Waals surface area contributed by atoms with Gasteiger partial charge in [0, 0.05) is 18.6 Å². The van der Waals surface area contributed by atoms with E-state index in [0.29, 0.717) is 17.7 Å². The summed E-state index contributed by atoms with van der Waals surface area (Å²) in [6.45, 7) is 0.0410. The van der Waals surface area contributed by atoms with Crippen molar-refractivity contribution in [3.05, 3.63) is 41.7 Å². The minimum absolute atomic E-state index is 0.0410. The van der Waals surface area contributed by atoms with Gasteiger partial charge in [-0.1, -0.05) is 5.21 Å². The van der Waals surface area contributed by atoms with Crippen LogP contribution in [-0.2, 0) is 6.42 Å². The van der Waals surface area contributed by atoms with Gasteiger partial charge in [-0.2, -0.15) is 0 Å². The Morgan fingerprint density at radius 3 is 2.65 bits per heavy atom. The summed E-state index contributed by atoms with van der Waals surface area (Å²) in [7, 11) is 0. The number of hydrogen-bond acceptors (Lipinski definition) is 4. The standard InChI is InChI=1S/C11H12N4O2/c12-11(17)8-1-3-10(4-2-8)15-7-9(5-6-16)13-14-15/h1-4,7,16H,5-6H2,(H2,12,17). The maximum Gasteiger partial charge on any atom is 0.248 e. The minimum atomic E-state index is -0.462. The maximum atomic E-state index is 10.9. The molecule has 0 fully saturated rings. The first-order chi connectivity index (χ1) is 8.20. The fourth-order valence-electron chi connectivity index (χ4n) is 1.43. The van der Waals surface area contributed by atoms with E-state index in [1.165, 1.54) is 0 Å². The third-order valence-corrected chi connectivity index (χ3v) is 2.33. The topological polar surface area (TPSA) is 94.0 Å². The van der Waals surface area contributed by atoms with Crippen LogP contribution in [0.25, 0.3) is 5.69 Å². The third kappa shape index (κ3) is 2.48. The fourth-order valence-corrected chi connectivity index (χ4v) is 1.43. The number of primary amides is 1. The average Bonchev–Trinajstić information content (AvgIpc) is 2.78. The molecule has 1 aromatic heterocycles. The van der Waals surface area contributed by atoms with Crippen LogP contribution in [-0.4, -0.2) is 32.6 Å². The highest BCUT2D eigenvalue weighted by molar-refractivity contribution is 5.92. The van der Waals surface area contributed by atoms with Crippen LogP contribution in [0.3, 0.4) is 0 Å². The Labute approximate surface area is 97.7 Å². The molecular formula is C11H12N4O2. The molecule has 0 aliphatic carbocycles. The molecule has 0 bridgehead atoms. The molecule has 0 aliphatic heterocycles. The number of carbonyl (C=O) groups excluding carboxylic acids is 1. The van der Waals surface area contributed by atoms with E-state index >= 15 is 0 Å². The van der Waals surface area contributed by atoms with Crippen molar-refractivity contribution >= 4 is 5.91 Å². The van der Waals surface area contributed by atoms with Crippen molar-refractivity contribution in [2.75, 3.05) is 6.61 Å². The molecule has 0 spiro atoms. The first kappa shape index (κ1) is 11.3. The Bertz CT molecular complexity index is 519. The zero-order chi connectivity index (χ0) is 12.3. The van der Waals surface area contributed by atoms with E-state index in [1.54, 1.807) is 35.1 Å². The summed E-state index contributed by atoms with van der Waals surface area (Å²) in [6, 6.07) is 6.73. The number of aromatic nitrogens is 3. The van der Waals surface area contributed by atoms with Crippen LogP contribution in [0.1, 0.15) is 16.1 Å². The van der Waals surface area contributed by atoms with Crippen molar-refractivity contribution in [1.29, 1.82) is 0 Å². The molecule has 0 saturated heterocycles. The quantitative estimate of drug-likeness (QED) is 0.769. The van der Waals surface area contributed by atoms with Gasteiger partial charge in [-0.05, 0) is 24.3 Å². The predicted octanol–water partition coefficient (Wildman–Crippen LogP) is -0.0990. The molecule has 0 radical (unpaired) electrons. The van der Waals surface area contributed by atoms with Gasteiger partial charge in [-0.25, -0.2) is 4.68 Å². The van der Waals surface area contributed by atoms with Crippen molar-refractivity contribution in [1.82, 2.24) is 15.0 Å². The summed E-state index contributed by atoms with van der Waals surface area (Å²) in [5, 5.41) is 16.6. The molecule has 17 heavy (non-hydrogen) atoms. The smallest absolute Gasteiger partial charge is 0.248 e. The van der Waals surface area contributed by atoms with E-state index in [4.69, 9.17) is 10.8 Å². The summed E-state index contributed by atoms with van der Waals surface area (Å²) >= 11 is 0. The highest BCUT2D eigenvalue weighted by atomic mass is 16.3. The van der Waals surface area contributed by atoms with Crippen LogP contribution in [0.2, 0.25) is 0 Å². The Morgan fingerprint density at radius 2 is 2.06 bits per heavy atom. The Hall–Kier alpha value is -2.21. The summed E-state index contributed by atoms with van der Waals surface area (Å²) in [4.78, 5) is 10.9. The molecular weight excluding hydrogens is 220 g/mol. The highest BCUT2D eigenvalue weighted by Gasteiger charge is 2.04. The molecule has 0 unspecified atom stereocenters. The number of nitrogens with zero attached hydrogens (tertiary/aromatic N) is 3. The second-order valence-electron chi connectivity index (χ2n) is 3.54. The highest BCUT2D eigenvalue weighted by Crippen LogP contribution is 2.08. The van der Waals surface area contributed by atoms with Crippen molar-refractivity contribution in [2.24, 2.45) is 5.73 Å². The molecule has 3 N–H and O–H groups in total. The Morgan fingerprint density at radius 1 is 1.35 bits per heavy atom. The number of nitrogens with two attached hydrogens (primary N) is 1. The van der Waals surface area contributed by atoms with E-state index in [2.05, 4.69) is 10.3 Å². The Kier molecular flexibility index (Phi) is 3.15. The number of rotatable bonds is 4. The number of hydrogen-bond donors (Lipinski definition) is 2. The van der Waals surface area contributed by atoms with Crippen LogP contribution in [0.4, 0.5) is 0 Å². The lowest BCUT2D eigenvalue weighted by molar-refractivity contribution is 0.100. The third-order valence-electron chi connectivity index (χ3n) is 2.33. The molecule has 0 saturated carbocycles. The molecule has 88 valence electrons. The van der Waals surface area contributed by atoms with Crippen molar-refractivity contribution in [3.63, 3.8) is 0 Å². The second kappa shape index (κ2) is 4.75. The number of aliphatic hydroxyl groups is 1. The van der Waals surface area contributed by atoms with Crippen LogP contribution >= 0.6 is 0 Å². The summed E-state index contributed by atoms with van der Waals surface area (Å²) in [5.74, 6) is -0.462. The Balaban J connectivity index is 2.23. The van der Waals surface area contributed by atoms with Gasteiger partial charge in [0.1, 0.15) is 0 Å². The maximum absolute atomic E-state index is 10.9. The summed E-state index contributed by atoms with van der Waals surface area (Å²) in [5.41, 5.74) is 7.09. The van der Waals surface area contributed by atoms with Gasteiger partial charge in [-0.15, -0.1) is 5.10 Å². The van der Waals surface area contributed by atoms with Crippen LogP contribution in [0, 0.1) is 0 Å². The second-order valence-corrected chi connectivity index (χ2v) is 3.54. The molecule has 6 heteroatoms. The van der Waals surface area contributed by atoms with E-state index in [1.807, 2.05) is 0 Å². The van der Waals surface area contributed by atoms with E-state index in [0.717, 1.165) is 5.69 Å². The van der Waals surface area contributed by atoms with Gasteiger partial charge in [0.2, 0.25) is 5.91 Å². The normalized spacial score (nSPS) is 10.4. The lowest BCUT2D eigenvalue weighted by Crippen LogP contribution is -2.10. The monoisotopic (exact) mass is 232 g/mol. The van der Waals surface area contributed by atoms with Gasteiger partial charge < -0.3 is 10.8 Å². The largest absolute Gasteiger partial charge is 0.396 e. The van der Waals surface area contributed by atoms with Crippen LogP contribution < -0.4 is 5.73 Å². The first-order valence-corrected chi connectivity index (χ1v) is 5.13. The first-order valence-electron chi connectivity index (χ1n) is 5.13. The molecule has 2 aromatic rings. The van der Waals surface area contributed by atoms with Crippen LogP contribution in [0.5, 0.6) is 0 Å². The molecule has 2 rings (SSSR count). The molecule has 1 heterocycles. The molecule has 6 nitrogen and oxygen atoms in total. The predicted molar refractivity (Wildman–Crippen MR) is 60.7 cm³/mol. The fraction of sp³-hybridized carbons (Fsp3) is 0.182. The van der Waals surface area contributed by atoms with E-state index in [-0.39, 0.29) is 6.61 Å². The lowest BCUT2D eigenvalue weighted by atomic mass is 10.2. The molecule has 1 aromatic carbocycles. The van der Waals surface area contributed by atoms with Crippen molar-refractivity contribution in [2.45, 2.75) is 6.42 Å². The molecule has 1 amide bonds. The zero-order valence-corrected chi connectivity index (χ0v) is 9.08.